The van der Waals surface area contributed by atoms with Gasteiger partial charge in [-0.05, 0) is 12.1 Å². The van der Waals surface area contributed by atoms with Crippen LogP contribution in [0.1, 0.15) is 5.56 Å². The summed E-state index contributed by atoms with van der Waals surface area (Å²) in [5.41, 5.74) is 0.817. The van der Waals surface area contributed by atoms with E-state index in [0.29, 0.717) is 29.8 Å². The standard InChI is InChI=1S/C10H10ClNO2/c1-13-9-7(3-2-4-8(9)11)10-12-5-6-14-10/h2-4H,5-6H2,1H3. The van der Waals surface area contributed by atoms with Crippen LogP contribution in [0.5, 0.6) is 5.75 Å². The van der Waals surface area contributed by atoms with Crippen molar-refractivity contribution in [1.29, 1.82) is 0 Å². The van der Waals surface area contributed by atoms with Gasteiger partial charge in [0.25, 0.3) is 0 Å². The van der Waals surface area contributed by atoms with Crippen molar-refractivity contribution in [2.75, 3.05) is 20.3 Å². The third kappa shape index (κ3) is 1.55. The summed E-state index contributed by atoms with van der Waals surface area (Å²) in [6.07, 6.45) is 0. The van der Waals surface area contributed by atoms with Crippen molar-refractivity contribution in [2.45, 2.75) is 0 Å². The molecule has 0 N–H and O–H groups in total. The number of rotatable bonds is 2. The summed E-state index contributed by atoms with van der Waals surface area (Å²) in [5.74, 6) is 1.24. The summed E-state index contributed by atoms with van der Waals surface area (Å²) in [6.45, 7) is 1.33. The molecular weight excluding hydrogens is 202 g/mol. The number of hydrogen-bond acceptors (Lipinski definition) is 3. The zero-order valence-electron chi connectivity index (χ0n) is 7.79. The monoisotopic (exact) mass is 211 g/mol. The van der Waals surface area contributed by atoms with Gasteiger partial charge in [-0.25, -0.2) is 4.99 Å². The molecule has 0 saturated carbocycles. The predicted molar refractivity (Wildman–Crippen MR) is 55.4 cm³/mol. The molecule has 2 rings (SSSR count). The first-order valence-corrected chi connectivity index (χ1v) is 4.71. The summed E-state index contributed by atoms with van der Waals surface area (Å²) in [6, 6.07) is 5.51. The number of methoxy groups -OCH3 is 1. The van der Waals surface area contributed by atoms with Crippen molar-refractivity contribution in [1.82, 2.24) is 0 Å². The second-order valence-electron chi connectivity index (χ2n) is 2.86. The number of benzene rings is 1. The normalized spacial score (nSPS) is 14.9. The number of aliphatic imine (C=N–C) groups is 1. The fraction of sp³-hybridized carbons (Fsp3) is 0.300. The highest BCUT2D eigenvalue weighted by Crippen LogP contribution is 2.29. The Morgan fingerprint density at radius 2 is 2.36 bits per heavy atom. The highest BCUT2D eigenvalue weighted by Gasteiger charge is 2.16. The topological polar surface area (TPSA) is 30.8 Å². The van der Waals surface area contributed by atoms with Crippen LogP contribution in [-0.4, -0.2) is 26.2 Å². The van der Waals surface area contributed by atoms with Crippen LogP contribution in [0.3, 0.4) is 0 Å². The SMILES string of the molecule is COc1c(Cl)cccc1C1=NCCO1. The Morgan fingerprint density at radius 1 is 1.50 bits per heavy atom. The quantitative estimate of drug-likeness (QED) is 0.751. The van der Waals surface area contributed by atoms with Crippen LogP contribution in [0.4, 0.5) is 0 Å². The number of para-hydroxylation sites is 1. The third-order valence-electron chi connectivity index (χ3n) is 1.99. The molecule has 1 aromatic carbocycles. The minimum absolute atomic E-state index is 0.572. The van der Waals surface area contributed by atoms with Crippen molar-refractivity contribution in [3.63, 3.8) is 0 Å². The van der Waals surface area contributed by atoms with Gasteiger partial charge in [0.15, 0.2) is 0 Å². The minimum Gasteiger partial charge on any atom is -0.494 e. The third-order valence-corrected chi connectivity index (χ3v) is 2.28. The Kier molecular flexibility index (Phi) is 2.59. The van der Waals surface area contributed by atoms with Gasteiger partial charge in [-0.15, -0.1) is 0 Å². The fourth-order valence-corrected chi connectivity index (χ4v) is 1.63. The first kappa shape index (κ1) is 9.34. The molecule has 0 radical (unpaired) electrons. The van der Waals surface area contributed by atoms with Gasteiger partial charge in [0.05, 0.1) is 24.2 Å². The van der Waals surface area contributed by atoms with E-state index in [1.54, 1.807) is 13.2 Å². The largest absolute Gasteiger partial charge is 0.494 e. The predicted octanol–water partition coefficient (Wildman–Crippen LogP) is 2.13. The zero-order chi connectivity index (χ0) is 9.97. The molecule has 0 amide bonds. The molecule has 14 heavy (non-hydrogen) atoms. The maximum Gasteiger partial charge on any atom is 0.220 e. The van der Waals surface area contributed by atoms with Crippen LogP contribution in [0.15, 0.2) is 23.2 Å². The molecule has 0 atom stereocenters. The van der Waals surface area contributed by atoms with Gasteiger partial charge < -0.3 is 9.47 Å². The van der Waals surface area contributed by atoms with Gasteiger partial charge in [0.1, 0.15) is 12.4 Å². The lowest BCUT2D eigenvalue weighted by Gasteiger charge is -2.09. The Hall–Kier alpha value is -1.22. The van der Waals surface area contributed by atoms with Gasteiger partial charge >= 0.3 is 0 Å². The smallest absolute Gasteiger partial charge is 0.220 e. The van der Waals surface area contributed by atoms with Crippen molar-refractivity contribution in [3.05, 3.63) is 28.8 Å². The van der Waals surface area contributed by atoms with E-state index < -0.39 is 0 Å². The maximum absolute atomic E-state index is 5.97. The van der Waals surface area contributed by atoms with E-state index in [-0.39, 0.29) is 0 Å². The van der Waals surface area contributed by atoms with Gasteiger partial charge in [0.2, 0.25) is 5.90 Å². The summed E-state index contributed by atoms with van der Waals surface area (Å²) < 4.78 is 10.5. The highest BCUT2D eigenvalue weighted by atomic mass is 35.5. The lowest BCUT2D eigenvalue weighted by Crippen LogP contribution is -2.03. The van der Waals surface area contributed by atoms with Crippen LogP contribution < -0.4 is 4.74 Å². The van der Waals surface area contributed by atoms with Crippen LogP contribution in [0.2, 0.25) is 5.02 Å². The second kappa shape index (κ2) is 3.88. The lowest BCUT2D eigenvalue weighted by atomic mass is 10.2. The molecule has 4 heteroatoms. The van der Waals surface area contributed by atoms with E-state index >= 15 is 0 Å². The molecule has 0 fully saturated rings. The average Bonchev–Trinajstić information content (AvgIpc) is 2.70. The zero-order valence-corrected chi connectivity index (χ0v) is 8.54. The molecule has 3 nitrogen and oxygen atoms in total. The molecule has 0 saturated heterocycles. The molecule has 0 aliphatic carbocycles. The Balaban J connectivity index is 2.46. The molecule has 1 heterocycles. The Labute approximate surface area is 87.3 Å². The summed E-state index contributed by atoms with van der Waals surface area (Å²) in [7, 11) is 1.58. The number of hydrogen-bond donors (Lipinski definition) is 0. The number of halogens is 1. The maximum atomic E-state index is 5.97. The van der Waals surface area contributed by atoms with Crippen molar-refractivity contribution in [2.24, 2.45) is 4.99 Å². The van der Waals surface area contributed by atoms with E-state index in [1.165, 1.54) is 0 Å². The van der Waals surface area contributed by atoms with Crippen LogP contribution >= 0.6 is 11.6 Å². The molecule has 0 spiro atoms. The van der Waals surface area contributed by atoms with Gasteiger partial charge in [0, 0.05) is 0 Å². The molecule has 0 bridgehead atoms. The van der Waals surface area contributed by atoms with Gasteiger partial charge in [-0.1, -0.05) is 17.7 Å². The second-order valence-corrected chi connectivity index (χ2v) is 3.26. The molecule has 74 valence electrons. The first-order chi connectivity index (χ1) is 6.83. The fourth-order valence-electron chi connectivity index (χ4n) is 1.38. The van der Waals surface area contributed by atoms with Crippen molar-refractivity contribution < 1.29 is 9.47 Å². The van der Waals surface area contributed by atoms with Crippen LogP contribution in [0, 0.1) is 0 Å². The average molecular weight is 212 g/mol. The molecular formula is C10H10ClNO2. The highest BCUT2D eigenvalue weighted by molar-refractivity contribution is 6.32. The molecule has 1 aromatic rings. The van der Waals surface area contributed by atoms with Crippen molar-refractivity contribution >= 4 is 17.5 Å². The van der Waals surface area contributed by atoms with E-state index in [2.05, 4.69) is 4.99 Å². The van der Waals surface area contributed by atoms with Crippen molar-refractivity contribution in [3.8, 4) is 5.75 Å². The molecule has 0 aromatic heterocycles. The van der Waals surface area contributed by atoms with Gasteiger partial charge in [-0.2, -0.15) is 0 Å². The minimum atomic E-state index is 0.572. The number of ether oxygens (including phenoxy) is 2. The summed E-state index contributed by atoms with van der Waals surface area (Å²) in [5, 5.41) is 0.572. The Bertz CT molecular complexity index is 376. The molecule has 0 unspecified atom stereocenters. The van der Waals surface area contributed by atoms with Gasteiger partial charge in [-0.3, -0.25) is 0 Å². The summed E-state index contributed by atoms with van der Waals surface area (Å²) in [4.78, 5) is 4.21. The lowest BCUT2D eigenvalue weighted by molar-refractivity contribution is 0.345. The van der Waals surface area contributed by atoms with E-state index in [9.17, 15) is 0 Å². The van der Waals surface area contributed by atoms with Crippen LogP contribution in [-0.2, 0) is 4.74 Å². The molecule has 1 aliphatic rings. The van der Waals surface area contributed by atoms with Crippen LogP contribution in [0.25, 0.3) is 0 Å². The molecule has 1 aliphatic heterocycles. The number of nitrogens with zero attached hydrogens (tertiary/aromatic N) is 1. The van der Waals surface area contributed by atoms with E-state index in [0.717, 1.165) is 5.56 Å². The summed E-state index contributed by atoms with van der Waals surface area (Å²) >= 11 is 5.97. The first-order valence-electron chi connectivity index (χ1n) is 4.33. The van der Waals surface area contributed by atoms with E-state index in [1.807, 2.05) is 12.1 Å². The van der Waals surface area contributed by atoms with E-state index in [4.69, 9.17) is 21.1 Å². The Morgan fingerprint density at radius 3 is 3.00 bits per heavy atom.